The van der Waals surface area contributed by atoms with Crippen LogP contribution in [0.25, 0.3) is 0 Å². The Morgan fingerprint density at radius 3 is 2.77 bits per heavy atom. The second kappa shape index (κ2) is 7.97. The number of fused-ring (bicyclic) bond motifs is 1. The number of aryl methyl sites for hydroxylation is 1. The third-order valence-corrected chi connectivity index (χ3v) is 7.74. The molecule has 1 aliphatic carbocycles. The van der Waals surface area contributed by atoms with Gasteiger partial charge in [-0.1, -0.05) is 6.07 Å². The summed E-state index contributed by atoms with van der Waals surface area (Å²) in [7, 11) is 0. The lowest BCUT2D eigenvalue weighted by Gasteiger charge is -2.44. The molecule has 2 saturated heterocycles. The molecule has 3 atom stereocenters. The molecule has 1 unspecified atom stereocenters. The highest BCUT2D eigenvalue weighted by Crippen LogP contribution is 2.33. The van der Waals surface area contributed by atoms with Crippen molar-refractivity contribution in [2.75, 3.05) is 25.0 Å². The Morgan fingerprint density at radius 1 is 1.26 bits per heavy atom. The molecule has 168 valence electrons. The van der Waals surface area contributed by atoms with Gasteiger partial charge in [-0.3, -0.25) is 4.79 Å². The topological polar surface area (TPSA) is 85.5 Å². The minimum Gasteiger partial charge on any atom is -0.373 e. The first-order valence-corrected chi connectivity index (χ1v) is 11.6. The Labute approximate surface area is 182 Å². The number of nitrogens with zero attached hydrogens (tertiary/aromatic N) is 1. The van der Waals surface area contributed by atoms with Gasteiger partial charge in [0.2, 0.25) is 5.91 Å². The van der Waals surface area contributed by atoms with Crippen LogP contribution in [0, 0.1) is 12.7 Å². The van der Waals surface area contributed by atoms with Crippen LogP contribution >= 0.6 is 0 Å². The Kier molecular flexibility index (Phi) is 5.28. The van der Waals surface area contributed by atoms with Crippen molar-refractivity contribution in [2.24, 2.45) is 0 Å². The first kappa shape index (κ1) is 20.5. The molecule has 5 rings (SSSR count). The molecule has 1 saturated carbocycles. The second-order valence-electron chi connectivity index (χ2n) is 9.77. The van der Waals surface area contributed by atoms with E-state index in [1.807, 2.05) is 6.92 Å². The van der Waals surface area contributed by atoms with Gasteiger partial charge in [0.05, 0.1) is 5.54 Å². The molecular weight excluding hydrogens is 397 g/mol. The Morgan fingerprint density at radius 2 is 2.06 bits per heavy atom. The van der Waals surface area contributed by atoms with E-state index < -0.39 is 6.04 Å². The second-order valence-corrected chi connectivity index (χ2v) is 9.77. The fraction of sp³-hybridized carbons (Fsp3) is 0.652. The van der Waals surface area contributed by atoms with Crippen molar-refractivity contribution in [3.05, 3.63) is 29.1 Å². The lowest BCUT2D eigenvalue weighted by molar-refractivity contribution is -0.122. The van der Waals surface area contributed by atoms with Crippen LogP contribution in [0.15, 0.2) is 12.1 Å². The fourth-order valence-electron chi connectivity index (χ4n) is 5.85. The summed E-state index contributed by atoms with van der Waals surface area (Å²) in [5, 5.41) is 12.5. The summed E-state index contributed by atoms with van der Waals surface area (Å²) in [6.07, 6.45) is 6.54. The predicted octanol–water partition coefficient (Wildman–Crippen LogP) is 2.05. The summed E-state index contributed by atoms with van der Waals surface area (Å²) in [6, 6.07) is 3.41. The maximum Gasteiger partial charge on any atom is 0.315 e. The highest BCUT2D eigenvalue weighted by Gasteiger charge is 2.42. The first-order chi connectivity index (χ1) is 14.9. The maximum atomic E-state index is 14.2. The molecule has 4 N–H and O–H groups in total. The van der Waals surface area contributed by atoms with Crippen LogP contribution in [0.4, 0.5) is 14.9 Å². The standard InChI is InChI=1S/C23H32FN5O2/c1-14-5-6-18(24)17-12-19(27-20(14)17)21(30)26-15-3-2-4-16(11-15)29-9-7-23(8-10-29)13-25-22(31)28-23/h5-6,15-16,19,27H,2-4,7-13H2,1H3,(H,26,30)(H2,25,28,31)/t15-,16-,19?/m1/s1. The number of halogens is 1. The van der Waals surface area contributed by atoms with E-state index in [-0.39, 0.29) is 29.3 Å². The quantitative estimate of drug-likeness (QED) is 0.593. The van der Waals surface area contributed by atoms with E-state index in [4.69, 9.17) is 0 Å². The maximum absolute atomic E-state index is 14.2. The number of anilines is 1. The zero-order valence-electron chi connectivity index (χ0n) is 18.1. The van der Waals surface area contributed by atoms with E-state index in [2.05, 4.69) is 26.2 Å². The molecule has 3 aliphatic heterocycles. The van der Waals surface area contributed by atoms with Crippen molar-refractivity contribution in [1.29, 1.82) is 0 Å². The van der Waals surface area contributed by atoms with E-state index in [1.165, 1.54) is 6.07 Å². The van der Waals surface area contributed by atoms with E-state index in [1.54, 1.807) is 6.07 Å². The van der Waals surface area contributed by atoms with Crippen molar-refractivity contribution in [1.82, 2.24) is 20.9 Å². The summed E-state index contributed by atoms with van der Waals surface area (Å²) in [5.41, 5.74) is 2.29. The number of rotatable bonds is 3. The van der Waals surface area contributed by atoms with E-state index in [0.29, 0.717) is 18.0 Å². The molecule has 8 heteroatoms. The molecular formula is C23H32FN5O2. The highest BCUT2D eigenvalue weighted by molar-refractivity contribution is 5.88. The van der Waals surface area contributed by atoms with Crippen molar-refractivity contribution < 1.29 is 14.0 Å². The molecule has 1 aromatic rings. The smallest absolute Gasteiger partial charge is 0.315 e. The predicted molar refractivity (Wildman–Crippen MR) is 117 cm³/mol. The molecule has 1 spiro atoms. The normalized spacial score (nSPS) is 29.7. The molecule has 3 amide bonds. The van der Waals surface area contributed by atoms with Gasteiger partial charge < -0.3 is 26.2 Å². The number of hydrogen-bond donors (Lipinski definition) is 4. The summed E-state index contributed by atoms with van der Waals surface area (Å²) in [6.45, 7) is 4.61. The van der Waals surface area contributed by atoms with Crippen LogP contribution in [-0.2, 0) is 11.2 Å². The zero-order valence-corrected chi connectivity index (χ0v) is 18.1. The number of urea groups is 1. The SMILES string of the molecule is Cc1ccc(F)c2c1NC(C(=O)N[C@@H]1CCC[C@@H](N3CCC4(CC3)CNC(=O)N4)C1)C2. The van der Waals surface area contributed by atoms with Crippen LogP contribution < -0.4 is 21.3 Å². The van der Waals surface area contributed by atoms with Gasteiger partial charge in [-0.2, -0.15) is 0 Å². The van der Waals surface area contributed by atoms with Crippen LogP contribution in [0.5, 0.6) is 0 Å². The van der Waals surface area contributed by atoms with Crippen LogP contribution in [-0.4, -0.2) is 60.1 Å². The first-order valence-electron chi connectivity index (χ1n) is 11.6. The van der Waals surface area contributed by atoms with Gasteiger partial charge in [-0.25, -0.2) is 9.18 Å². The van der Waals surface area contributed by atoms with Crippen molar-refractivity contribution in [3.63, 3.8) is 0 Å². The van der Waals surface area contributed by atoms with E-state index in [9.17, 15) is 14.0 Å². The van der Waals surface area contributed by atoms with Crippen molar-refractivity contribution in [3.8, 4) is 0 Å². The Balaban J connectivity index is 1.15. The summed E-state index contributed by atoms with van der Waals surface area (Å²) >= 11 is 0. The number of amides is 3. The molecule has 1 aromatic carbocycles. The molecule has 4 aliphatic rings. The van der Waals surface area contributed by atoms with Gasteiger partial charge in [0.15, 0.2) is 0 Å². The minimum atomic E-state index is -0.403. The van der Waals surface area contributed by atoms with Crippen LogP contribution in [0.3, 0.4) is 0 Å². The molecule has 7 nitrogen and oxygen atoms in total. The van der Waals surface area contributed by atoms with Gasteiger partial charge in [-0.05, 0) is 57.1 Å². The molecule has 0 radical (unpaired) electrons. The number of benzene rings is 1. The van der Waals surface area contributed by atoms with Crippen LogP contribution in [0.2, 0.25) is 0 Å². The number of carbonyl (C=O) groups is 2. The van der Waals surface area contributed by atoms with Gasteiger partial charge in [-0.15, -0.1) is 0 Å². The molecule has 31 heavy (non-hydrogen) atoms. The van der Waals surface area contributed by atoms with Crippen molar-refractivity contribution in [2.45, 2.75) is 75.5 Å². The molecule has 0 aromatic heterocycles. The summed E-state index contributed by atoms with van der Waals surface area (Å²) < 4.78 is 14.2. The van der Waals surface area contributed by atoms with E-state index in [0.717, 1.165) is 69.4 Å². The van der Waals surface area contributed by atoms with Crippen molar-refractivity contribution >= 4 is 17.6 Å². The number of nitrogens with one attached hydrogen (secondary N) is 4. The van der Waals surface area contributed by atoms with Crippen LogP contribution in [0.1, 0.15) is 49.7 Å². The average molecular weight is 430 g/mol. The number of hydrogen-bond acceptors (Lipinski definition) is 4. The molecule has 3 heterocycles. The number of piperidine rings is 1. The third-order valence-electron chi connectivity index (χ3n) is 7.74. The molecule has 3 fully saturated rings. The fourth-order valence-corrected chi connectivity index (χ4v) is 5.85. The lowest BCUT2D eigenvalue weighted by atomic mass is 9.84. The zero-order chi connectivity index (χ0) is 21.6. The lowest BCUT2D eigenvalue weighted by Crippen LogP contribution is -2.56. The molecule has 0 bridgehead atoms. The van der Waals surface area contributed by atoms with Gasteiger partial charge in [0, 0.05) is 49.4 Å². The largest absolute Gasteiger partial charge is 0.373 e. The minimum absolute atomic E-state index is 0.0296. The van der Waals surface area contributed by atoms with Gasteiger partial charge >= 0.3 is 6.03 Å². The average Bonchev–Trinajstić information content (AvgIpc) is 3.37. The summed E-state index contributed by atoms with van der Waals surface area (Å²) in [5.74, 6) is -0.268. The Hall–Kier alpha value is -2.35. The summed E-state index contributed by atoms with van der Waals surface area (Å²) in [4.78, 5) is 27.0. The Bertz CT molecular complexity index is 852. The number of carbonyl (C=O) groups excluding carboxylic acids is 2. The van der Waals surface area contributed by atoms with Gasteiger partial charge in [0.1, 0.15) is 11.9 Å². The van der Waals surface area contributed by atoms with E-state index >= 15 is 0 Å². The monoisotopic (exact) mass is 429 g/mol. The highest BCUT2D eigenvalue weighted by atomic mass is 19.1. The third kappa shape index (κ3) is 3.97. The van der Waals surface area contributed by atoms with Gasteiger partial charge in [0.25, 0.3) is 0 Å². The number of likely N-dealkylation sites (tertiary alicyclic amines) is 1.